The van der Waals surface area contributed by atoms with Crippen molar-refractivity contribution in [3.8, 4) is 0 Å². The molecule has 2 saturated carbocycles. The molecule has 0 saturated heterocycles. The summed E-state index contributed by atoms with van der Waals surface area (Å²) in [6.07, 6.45) is 13.1. The molecule has 4 unspecified atom stereocenters. The molecule has 0 amide bonds. The second kappa shape index (κ2) is 9.20. The van der Waals surface area contributed by atoms with E-state index < -0.39 is 0 Å². The van der Waals surface area contributed by atoms with Gasteiger partial charge in [-0.25, -0.2) is 0 Å². The van der Waals surface area contributed by atoms with Crippen LogP contribution in [0.15, 0.2) is 30.3 Å². The maximum Gasteiger partial charge on any atom is -0.00677 e. The molecule has 28 heavy (non-hydrogen) atoms. The van der Waals surface area contributed by atoms with Crippen LogP contribution in [0.2, 0.25) is 0 Å². The first kappa shape index (κ1) is 22.3. The van der Waals surface area contributed by atoms with Crippen LogP contribution in [0.25, 0.3) is 0 Å². The van der Waals surface area contributed by atoms with E-state index in [0.717, 1.165) is 23.2 Å². The molecule has 2 fully saturated rings. The summed E-state index contributed by atoms with van der Waals surface area (Å²) < 4.78 is 0. The summed E-state index contributed by atoms with van der Waals surface area (Å²) in [5, 5.41) is 0. The van der Waals surface area contributed by atoms with Gasteiger partial charge in [0, 0.05) is 0 Å². The Morgan fingerprint density at radius 3 is 1.68 bits per heavy atom. The Bertz CT molecular complexity index is 572. The molecular formula is C27H45P. The number of hydrogen-bond donors (Lipinski definition) is 0. The lowest BCUT2D eigenvalue weighted by Crippen LogP contribution is -2.45. The van der Waals surface area contributed by atoms with Gasteiger partial charge in [-0.1, -0.05) is 105 Å². The van der Waals surface area contributed by atoms with E-state index in [1.807, 2.05) is 0 Å². The van der Waals surface area contributed by atoms with E-state index in [1.54, 1.807) is 5.56 Å². The smallest absolute Gasteiger partial charge is 0.00677 e. The van der Waals surface area contributed by atoms with Crippen LogP contribution >= 0.6 is 7.92 Å². The molecule has 4 atom stereocenters. The Hall–Kier alpha value is -0.350. The summed E-state index contributed by atoms with van der Waals surface area (Å²) in [6, 6.07) is 11.5. The standard InChI is InChI=1S/C27H45P/c1-21(2)26(5)18-12-10-16-24(26)28(20-23-14-8-7-9-15-23)25-17-11-13-19-27(25,6)22(3)4/h7-9,14-15,21-22,24-25H,10-13,16-20H2,1-6H3. The maximum atomic E-state index is 2.66. The lowest BCUT2D eigenvalue weighted by molar-refractivity contribution is 0.132. The first-order chi connectivity index (χ1) is 13.3. The fourth-order valence-corrected chi connectivity index (χ4v) is 11.3. The van der Waals surface area contributed by atoms with Gasteiger partial charge in [0.2, 0.25) is 0 Å². The molecule has 0 aliphatic heterocycles. The Balaban J connectivity index is 2.01. The Labute approximate surface area is 177 Å². The first-order valence-corrected chi connectivity index (χ1v) is 13.7. The zero-order valence-corrected chi connectivity index (χ0v) is 20.4. The highest BCUT2D eigenvalue weighted by molar-refractivity contribution is 7.58. The van der Waals surface area contributed by atoms with E-state index >= 15 is 0 Å². The molecule has 0 aromatic heterocycles. The van der Waals surface area contributed by atoms with Gasteiger partial charge in [-0.2, -0.15) is 0 Å². The van der Waals surface area contributed by atoms with Gasteiger partial charge in [0.15, 0.2) is 0 Å². The lowest BCUT2D eigenvalue weighted by atomic mass is 9.67. The minimum absolute atomic E-state index is 0.0140. The Morgan fingerprint density at radius 2 is 1.25 bits per heavy atom. The summed E-state index contributed by atoms with van der Waals surface area (Å²) in [6.45, 7) is 15.4. The molecule has 0 radical (unpaired) electrons. The van der Waals surface area contributed by atoms with Crippen LogP contribution in [-0.4, -0.2) is 11.3 Å². The highest BCUT2D eigenvalue weighted by Gasteiger charge is 2.50. The van der Waals surface area contributed by atoms with E-state index in [0.29, 0.717) is 10.8 Å². The largest absolute Gasteiger partial charge is 0.0947 e. The molecule has 1 heteroatoms. The van der Waals surface area contributed by atoms with Crippen LogP contribution in [0, 0.1) is 22.7 Å². The highest BCUT2D eigenvalue weighted by Crippen LogP contribution is 2.68. The molecule has 2 aliphatic rings. The van der Waals surface area contributed by atoms with E-state index in [1.165, 1.54) is 57.5 Å². The molecule has 2 aliphatic carbocycles. The van der Waals surface area contributed by atoms with Crippen molar-refractivity contribution in [3.63, 3.8) is 0 Å². The fourth-order valence-electron chi connectivity index (χ4n) is 6.35. The molecular weight excluding hydrogens is 355 g/mol. The van der Waals surface area contributed by atoms with E-state index in [4.69, 9.17) is 0 Å². The quantitative estimate of drug-likeness (QED) is 0.418. The molecule has 158 valence electrons. The Morgan fingerprint density at radius 1 is 0.786 bits per heavy atom. The van der Waals surface area contributed by atoms with Crippen LogP contribution in [0.5, 0.6) is 0 Å². The first-order valence-electron chi connectivity index (χ1n) is 12.1. The third kappa shape index (κ3) is 4.38. The van der Waals surface area contributed by atoms with Crippen LogP contribution in [-0.2, 0) is 6.16 Å². The number of hydrogen-bond acceptors (Lipinski definition) is 0. The molecule has 1 aromatic rings. The average Bonchev–Trinajstić information content (AvgIpc) is 2.68. The molecule has 0 N–H and O–H groups in total. The van der Waals surface area contributed by atoms with Crippen molar-refractivity contribution in [2.24, 2.45) is 22.7 Å². The SMILES string of the molecule is CC(C)C1(C)CCCCC1P(Cc1ccccc1)C1CCCCC1(C)C(C)C. The van der Waals surface area contributed by atoms with Gasteiger partial charge in [-0.15, -0.1) is 0 Å². The van der Waals surface area contributed by atoms with Crippen molar-refractivity contribution in [3.05, 3.63) is 35.9 Å². The van der Waals surface area contributed by atoms with Gasteiger partial charge in [0.1, 0.15) is 0 Å². The zero-order chi connectivity index (χ0) is 20.4. The maximum absolute atomic E-state index is 2.66. The Kier molecular flexibility index (Phi) is 7.34. The third-order valence-electron chi connectivity index (χ3n) is 9.05. The minimum atomic E-state index is -0.0140. The van der Waals surface area contributed by atoms with Crippen molar-refractivity contribution in [1.82, 2.24) is 0 Å². The van der Waals surface area contributed by atoms with Gasteiger partial charge < -0.3 is 0 Å². The summed E-state index contributed by atoms with van der Waals surface area (Å²) in [5.41, 5.74) is 4.56. The van der Waals surface area contributed by atoms with Crippen molar-refractivity contribution in [2.45, 2.75) is 110 Å². The van der Waals surface area contributed by atoms with E-state index in [-0.39, 0.29) is 7.92 Å². The second-order valence-electron chi connectivity index (χ2n) is 11.0. The van der Waals surface area contributed by atoms with E-state index in [9.17, 15) is 0 Å². The van der Waals surface area contributed by atoms with Gasteiger partial charge in [0.05, 0.1) is 0 Å². The van der Waals surface area contributed by atoms with E-state index in [2.05, 4.69) is 71.9 Å². The average molecular weight is 401 g/mol. The van der Waals surface area contributed by atoms with Gasteiger partial charge >= 0.3 is 0 Å². The molecule has 0 spiro atoms. The van der Waals surface area contributed by atoms with Crippen molar-refractivity contribution in [2.75, 3.05) is 0 Å². The minimum Gasteiger partial charge on any atom is -0.0947 e. The molecule has 0 heterocycles. The molecule has 3 rings (SSSR count). The zero-order valence-electron chi connectivity index (χ0n) is 19.5. The molecule has 0 bridgehead atoms. The third-order valence-corrected chi connectivity index (χ3v) is 13.1. The second-order valence-corrected chi connectivity index (χ2v) is 13.6. The number of benzene rings is 1. The normalized spacial score (nSPS) is 35.3. The van der Waals surface area contributed by atoms with Crippen LogP contribution in [0.1, 0.15) is 98.5 Å². The molecule has 0 nitrogen and oxygen atoms in total. The summed E-state index contributed by atoms with van der Waals surface area (Å²) in [4.78, 5) is 0. The topological polar surface area (TPSA) is 0 Å². The van der Waals surface area contributed by atoms with Gasteiger partial charge in [-0.3, -0.25) is 0 Å². The monoisotopic (exact) mass is 400 g/mol. The lowest BCUT2D eigenvalue weighted by Gasteiger charge is -2.56. The predicted octanol–water partition coefficient (Wildman–Crippen LogP) is 8.88. The fraction of sp³-hybridized carbons (Fsp3) is 0.778. The van der Waals surface area contributed by atoms with Crippen LogP contribution < -0.4 is 0 Å². The summed E-state index contributed by atoms with van der Waals surface area (Å²) >= 11 is 0. The summed E-state index contributed by atoms with van der Waals surface area (Å²) in [5.74, 6) is 1.60. The van der Waals surface area contributed by atoms with Gasteiger partial charge in [0.25, 0.3) is 0 Å². The van der Waals surface area contributed by atoms with Crippen LogP contribution in [0.4, 0.5) is 0 Å². The molecule has 1 aromatic carbocycles. The van der Waals surface area contributed by atoms with Crippen molar-refractivity contribution in [1.29, 1.82) is 0 Å². The van der Waals surface area contributed by atoms with Crippen LogP contribution in [0.3, 0.4) is 0 Å². The van der Waals surface area contributed by atoms with Crippen molar-refractivity contribution >= 4 is 7.92 Å². The van der Waals surface area contributed by atoms with Crippen molar-refractivity contribution < 1.29 is 0 Å². The number of rotatable bonds is 6. The summed E-state index contributed by atoms with van der Waals surface area (Å²) in [7, 11) is -0.0140. The van der Waals surface area contributed by atoms with Gasteiger partial charge in [-0.05, 0) is 71.4 Å². The highest BCUT2D eigenvalue weighted by atomic mass is 31.1. The predicted molar refractivity (Wildman–Crippen MR) is 127 cm³/mol.